The van der Waals surface area contributed by atoms with Crippen LogP contribution in [0.1, 0.15) is 25.8 Å². The molecule has 22 heavy (non-hydrogen) atoms. The van der Waals surface area contributed by atoms with Crippen molar-refractivity contribution in [3.8, 4) is 11.5 Å². The molecule has 0 bridgehead atoms. The van der Waals surface area contributed by atoms with Crippen LogP contribution in [0.3, 0.4) is 0 Å². The summed E-state index contributed by atoms with van der Waals surface area (Å²) in [5.74, 6) is 1.43. The van der Waals surface area contributed by atoms with Crippen LogP contribution in [0.25, 0.3) is 0 Å². The van der Waals surface area contributed by atoms with E-state index < -0.39 is 0 Å². The first-order chi connectivity index (χ1) is 10.7. The number of hydrogen-bond acceptors (Lipinski definition) is 5. The predicted octanol–water partition coefficient (Wildman–Crippen LogP) is 2.20. The Bertz CT molecular complexity index is 430. The summed E-state index contributed by atoms with van der Waals surface area (Å²) in [6, 6.07) is 3.76. The van der Waals surface area contributed by atoms with Crippen LogP contribution in [0.5, 0.6) is 11.5 Å². The summed E-state index contributed by atoms with van der Waals surface area (Å²) < 4.78 is 11.3. The molecule has 0 saturated heterocycles. The van der Waals surface area contributed by atoms with E-state index in [1.54, 1.807) is 0 Å². The Morgan fingerprint density at radius 2 is 1.77 bits per heavy atom. The van der Waals surface area contributed by atoms with Gasteiger partial charge in [-0.1, -0.05) is 18.5 Å². The van der Waals surface area contributed by atoms with Crippen LogP contribution in [-0.2, 0) is 6.54 Å². The first kappa shape index (κ1) is 19.0. The minimum atomic E-state index is 0.156. The Hall–Kier alpha value is -1.01. The van der Waals surface area contributed by atoms with Gasteiger partial charge in [-0.15, -0.1) is 0 Å². The molecule has 1 aromatic carbocycles. The lowest BCUT2D eigenvalue weighted by atomic mass is 10.2. The first-order valence-electron chi connectivity index (χ1n) is 7.83. The zero-order chi connectivity index (χ0) is 16.2. The summed E-state index contributed by atoms with van der Waals surface area (Å²) in [6.07, 6.45) is 0.938. The van der Waals surface area contributed by atoms with Crippen LogP contribution in [0.4, 0.5) is 0 Å². The van der Waals surface area contributed by atoms with Gasteiger partial charge < -0.3 is 25.2 Å². The van der Waals surface area contributed by atoms with E-state index >= 15 is 0 Å². The van der Waals surface area contributed by atoms with Gasteiger partial charge in [0.1, 0.15) is 0 Å². The molecular weight excluding hydrogens is 304 g/mol. The van der Waals surface area contributed by atoms with Crippen molar-refractivity contribution in [2.24, 2.45) is 0 Å². The van der Waals surface area contributed by atoms with Crippen molar-refractivity contribution in [1.82, 2.24) is 10.6 Å². The Labute approximate surface area is 138 Å². The van der Waals surface area contributed by atoms with E-state index in [2.05, 4.69) is 17.6 Å². The van der Waals surface area contributed by atoms with E-state index in [1.165, 1.54) is 0 Å². The number of hydrogen-bond donors (Lipinski definition) is 3. The number of halogens is 1. The molecule has 0 aliphatic rings. The van der Waals surface area contributed by atoms with Crippen LogP contribution >= 0.6 is 11.6 Å². The van der Waals surface area contributed by atoms with Crippen molar-refractivity contribution in [1.29, 1.82) is 0 Å². The summed E-state index contributed by atoms with van der Waals surface area (Å²) in [6.45, 7) is 8.26. The molecule has 1 aromatic rings. The second-order valence-electron chi connectivity index (χ2n) is 4.82. The fraction of sp³-hybridized carbons (Fsp3) is 0.625. The number of benzene rings is 1. The van der Waals surface area contributed by atoms with Crippen LogP contribution in [-0.4, -0.2) is 44.6 Å². The van der Waals surface area contributed by atoms with Gasteiger partial charge in [0.15, 0.2) is 11.5 Å². The van der Waals surface area contributed by atoms with E-state index in [-0.39, 0.29) is 6.61 Å². The van der Waals surface area contributed by atoms with Crippen molar-refractivity contribution in [2.45, 2.75) is 26.8 Å². The highest BCUT2D eigenvalue weighted by Gasteiger charge is 2.11. The lowest BCUT2D eigenvalue weighted by Gasteiger charge is -2.15. The van der Waals surface area contributed by atoms with E-state index in [9.17, 15) is 0 Å². The van der Waals surface area contributed by atoms with Crippen LogP contribution < -0.4 is 20.1 Å². The van der Waals surface area contributed by atoms with Crippen LogP contribution in [0.2, 0.25) is 5.02 Å². The third-order valence-electron chi connectivity index (χ3n) is 2.96. The number of ether oxygens (including phenoxy) is 2. The molecule has 0 saturated carbocycles. The van der Waals surface area contributed by atoms with Gasteiger partial charge in [-0.3, -0.25) is 0 Å². The molecule has 6 heteroatoms. The maximum Gasteiger partial charge on any atom is 0.162 e. The number of aliphatic hydroxyl groups excluding tert-OH is 1. The first-order valence-corrected chi connectivity index (χ1v) is 8.21. The average molecular weight is 331 g/mol. The van der Waals surface area contributed by atoms with Crippen molar-refractivity contribution in [3.63, 3.8) is 0 Å². The van der Waals surface area contributed by atoms with Gasteiger partial charge >= 0.3 is 0 Å². The van der Waals surface area contributed by atoms with E-state index in [0.29, 0.717) is 37.1 Å². The molecular formula is C16H27ClN2O3. The Morgan fingerprint density at radius 3 is 2.45 bits per heavy atom. The second kappa shape index (κ2) is 11.5. The molecule has 0 aromatic heterocycles. The van der Waals surface area contributed by atoms with Gasteiger partial charge in [0.05, 0.1) is 19.8 Å². The van der Waals surface area contributed by atoms with E-state index in [0.717, 1.165) is 30.8 Å². The second-order valence-corrected chi connectivity index (χ2v) is 5.23. The quantitative estimate of drug-likeness (QED) is 0.513. The van der Waals surface area contributed by atoms with Crippen LogP contribution in [0, 0.1) is 0 Å². The smallest absolute Gasteiger partial charge is 0.162 e. The largest absolute Gasteiger partial charge is 0.490 e. The lowest BCUT2D eigenvalue weighted by molar-refractivity contribution is 0.276. The van der Waals surface area contributed by atoms with Gasteiger partial charge in [-0.05, 0) is 25.0 Å². The Morgan fingerprint density at radius 1 is 1.05 bits per heavy atom. The van der Waals surface area contributed by atoms with Gasteiger partial charge in [-0.2, -0.15) is 0 Å². The Balaban J connectivity index is 2.60. The fourth-order valence-corrected chi connectivity index (χ4v) is 2.13. The van der Waals surface area contributed by atoms with Gasteiger partial charge in [0.2, 0.25) is 0 Å². The molecule has 0 spiro atoms. The molecule has 126 valence electrons. The SMILES string of the molecule is CCCOc1cc(Cl)c(CNCCNCCO)cc1OCC. The van der Waals surface area contributed by atoms with Crippen molar-refractivity contribution < 1.29 is 14.6 Å². The molecule has 0 fully saturated rings. The molecule has 0 radical (unpaired) electrons. The van der Waals surface area contributed by atoms with Gasteiger partial charge in [0.25, 0.3) is 0 Å². The van der Waals surface area contributed by atoms with Gasteiger partial charge in [0, 0.05) is 37.3 Å². The maximum atomic E-state index is 8.68. The number of aliphatic hydroxyl groups is 1. The highest BCUT2D eigenvalue weighted by atomic mass is 35.5. The highest BCUT2D eigenvalue weighted by Crippen LogP contribution is 2.33. The molecule has 5 nitrogen and oxygen atoms in total. The summed E-state index contributed by atoms with van der Waals surface area (Å²) in [4.78, 5) is 0. The molecule has 0 unspecified atom stereocenters. The summed E-state index contributed by atoms with van der Waals surface area (Å²) >= 11 is 6.32. The minimum Gasteiger partial charge on any atom is -0.490 e. The molecule has 0 atom stereocenters. The van der Waals surface area contributed by atoms with E-state index in [1.807, 2.05) is 19.1 Å². The molecule has 1 rings (SSSR count). The van der Waals surface area contributed by atoms with Crippen molar-refractivity contribution in [2.75, 3.05) is 39.5 Å². The molecule has 0 aliphatic heterocycles. The topological polar surface area (TPSA) is 62.8 Å². The van der Waals surface area contributed by atoms with E-state index in [4.69, 9.17) is 26.2 Å². The average Bonchev–Trinajstić information content (AvgIpc) is 2.52. The van der Waals surface area contributed by atoms with Crippen LogP contribution in [0.15, 0.2) is 12.1 Å². The monoisotopic (exact) mass is 330 g/mol. The van der Waals surface area contributed by atoms with Gasteiger partial charge in [-0.25, -0.2) is 0 Å². The van der Waals surface area contributed by atoms with Crippen molar-refractivity contribution >= 4 is 11.6 Å². The maximum absolute atomic E-state index is 8.68. The third-order valence-corrected chi connectivity index (χ3v) is 3.31. The summed E-state index contributed by atoms with van der Waals surface area (Å²) in [7, 11) is 0. The summed E-state index contributed by atoms with van der Waals surface area (Å²) in [5, 5.41) is 15.8. The zero-order valence-corrected chi connectivity index (χ0v) is 14.2. The highest BCUT2D eigenvalue weighted by molar-refractivity contribution is 6.31. The fourth-order valence-electron chi connectivity index (χ4n) is 1.91. The number of rotatable bonds is 12. The molecule has 0 aliphatic carbocycles. The van der Waals surface area contributed by atoms with Crippen molar-refractivity contribution in [3.05, 3.63) is 22.7 Å². The molecule has 0 heterocycles. The number of nitrogens with one attached hydrogen (secondary N) is 2. The molecule has 0 amide bonds. The third kappa shape index (κ3) is 6.83. The summed E-state index contributed by atoms with van der Waals surface area (Å²) in [5.41, 5.74) is 0.983. The normalized spacial score (nSPS) is 10.7. The molecule has 3 N–H and O–H groups in total. The standard InChI is InChI=1S/C16H27ClN2O3/c1-3-9-22-16-11-14(17)13(10-15(16)21-4-2)12-19-6-5-18-7-8-20/h10-11,18-20H,3-9,12H2,1-2H3. The zero-order valence-electron chi connectivity index (χ0n) is 13.5. The minimum absolute atomic E-state index is 0.156. The lowest BCUT2D eigenvalue weighted by Crippen LogP contribution is -2.28. The predicted molar refractivity (Wildman–Crippen MR) is 90.1 cm³/mol. The Kier molecular flexibility index (Phi) is 9.99.